The molecule has 1 aliphatic rings. The summed E-state index contributed by atoms with van der Waals surface area (Å²) in [4.78, 5) is 4.52. The number of guanidine groups is 1. The Morgan fingerprint density at radius 2 is 1.94 bits per heavy atom. The number of nitrogens with one attached hydrogen (secondary N) is 2. The van der Waals surface area contributed by atoms with E-state index in [0.29, 0.717) is 0 Å². The van der Waals surface area contributed by atoms with Gasteiger partial charge in [0.25, 0.3) is 0 Å². The van der Waals surface area contributed by atoms with Crippen LogP contribution in [0.25, 0.3) is 0 Å². The van der Waals surface area contributed by atoms with Crippen LogP contribution in [-0.4, -0.2) is 37.3 Å². The first-order valence-electron chi connectivity index (χ1n) is 6.27. The molecule has 1 aliphatic heterocycles. The molecule has 0 saturated carbocycles. The zero-order valence-electron chi connectivity index (χ0n) is 11.0. The van der Waals surface area contributed by atoms with E-state index >= 15 is 0 Å². The maximum atomic E-state index is 5.89. The Morgan fingerprint density at radius 1 is 1.31 bits per heavy atom. The largest absolute Gasteiger partial charge is 0.370 e. The monoisotopic (exact) mass is 227 g/mol. The molecule has 94 valence electrons. The van der Waals surface area contributed by atoms with Crippen molar-refractivity contribution in [3.8, 4) is 0 Å². The SMILES string of the molecule is CCNC(=NC[C@H]1CCC(C)(C)O1)NCC. The first-order chi connectivity index (χ1) is 7.57. The van der Waals surface area contributed by atoms with E-state index in [0.717, 1.165) is 38.4 Å². The van der Waals surface area contributed by atoms with Crippen LogP contribution < -0.4 is 10.6 Å². The van der Waals surface area contributed by atoms with Crippen molar-refractivity contribution in [3.63, 3.8) is 0 Å². The van der Waals surface area contributed by atoms with Crippen molar-refractivity contribution in [2.45, 2.75) is 52.2 Å². The summed E-state index contributed by atoms with van der Waals surface area (Å²) in [5.74, 6) is 0.887. The van der Waals surface area contributed by atoms with Crippen molar-refractivity contribution in [2.75, 3.05) is 19.6 Å². The second-order valence-corrected chi connectivity index (χ2v) is 4.79. The smallest absolute Gasteiger partial charge is 0.191 e. The number of hydrogen-bond acceptors (Lipinski definition) is 2. The fraction of sp³-hybridized carbons (Fsp3) is 0.917. The molecule has 0 bridgehead atoms. The van der Waals surface area contributed by atoms with Gasteiger partial charge in [0, 0.05) is 13.1 Å². The summed E-state index contributed by atoms with van der Waals surface area (Å²) in [7, 11) is 0. The van der Waals surface area contributed by atoms with Crippen molar-refractivity contribution >= 4 is 5.96 Å². The van der Waals surface area contributed by atoms with Gasteiger partial charge in [0.2, 0.25) is 0 Å². The second-order valence-electron chi connectivity index (χ2n) is 4.79. The Morgan fingerprint density at radius 3 is 2.38 bits per heavy atom. The summed E-state index contributed by atoms with van der Waals surface area (Å²) < 4.78 is 5.89. The van der Waals surface area contributed by atoms with Gasteiger partial charge >= 0.3 is 0 Å². The third kappa shape index (κ3) is 4.39. The van der Waals surface area contributed by atoms with E-state index in [1.54, 1.807) is 0 Å². The highest BCUT2D eigenvalue weighted by atomic mass is 16.5. The molecule has 4 heteroatoms. The number of nitrogens with zero attached hydrogens (tertiary/aromatic N) is 1. The van der Waals surface area contributed by atoms with Gasteiger partial charge in [0.05, 0.1) is 18.2 Å². The van der Waals surface area contributed by atoms with E-state index < -0.39 is 0 Å². The summed E-state index contributed by atoms with van der Waals surface area (Å²) >= 11 is 0. The molecular weight excluding hydrogens is 202 g/mol. The van der Waals surface area contributed by atoms with Crippen molar-refractivity contribution in [3.05, 3.63) is 0 Å². The van der Waals surface area contributed by atoms with Crippen LogP contribution in [0.1, 0.15) is 40.5 Å². The normalized spacial score (nSPS) is 22.9. The molecule has 0 spiro atoms. The van der Waals surface area contributed by atoms with Crippen molar-refractivity contribution in [1.82, 2.24) is 10.6 Å². The Kier molecular flexibility index (Phi) is 5.06. The molecule has 1 fully saturated rings. The van der Waals surface area contributed by atoms with E-state index in [9.17, 15) is 0 Å². The van der Waals surface area contributed by atoms with Crippen LogP contribution in [-0.2, 0) is 4.74 Å². The lowest BCUT2D eigenvalue weighted by Crippen LogP contribution is -2.37. The molecule has 0 unspecified atom stereocenters. The van der Waals surface area contributed by atoms with Gasteiger partial charge < -0.3 is 15.4 Å². The van der Waals surface area contributed by atoms with Crippen LogP contribution in [0.4, 0.5) is 0 Å². The summed E-state index contributed by atoms with van der Waals surface area (Å²) in [5.41, 5.74) is 0.0384. The Labute approximate surface area is 98.9 Å². The molecule has 0 aromatic carbocycles. The number of hydrogen-bond donors (Lipinski definition) is 2. The molecule has 0 aromatic heterocycles. The fourth-order valence-electron chi connectivity index (χ4n) is 1.91. The van der Waals surface area contributed by atoms with Crippen molar-refractivity contribution in [1.29, 1.82) is 0 Å². The lowest BCUT2D eigenvalue weighted by molar-refractivity contribution is -0.0106. The average Bonchev–Trinajstić information content (AvgIpc) is 2.55. The number of aliphatic imine (C=N–C) groups is 1. The first kappa shape index (κ1) is 13.3. The topological polar surface area (TPSA) is 45.7 Å². The average molecular weight is 227 g/mol. The predicted octanol–water partition coefficient (Wildman–Crippen LogP) is 1.52. The molecule has 1 heterocycles. The summed E-state index contributed by atoms with van der Waals surface area (Å²) in [6.07, 6.45) is 2.52. The Hall–Kier alpha value is -0.770. The highest BCUT2D eigenvalue weighted by Crippen LogP contribution is 2.29. The van der Waals surface area contributed by atoms with Gasteiger partial charge in [-0.2, -0.15) is 0 Å². The lowest BCUT2D eigenvalue weighted by atomic mass is 10.1. The van der Waals surface area contributed by atoms with Gasteiger partial charge in [-0.05, 0) is 40.5 Å². The van der Waals surface area contributed by atoms with Gasteiger partial charge in [0.1, 0.15) is 0 Å². The zero-order valence-corrected chi connectivity index (χ0v) is 11.0. The van der Waals surface area contributed by atoms with E-state index in [1.165, 1.54) is 0 Å². The third-order valence-electron chi connectivity index (χ3n) is 2.70. The minimum Gasteiger partial charge on any atom is -0.370 e. The fourth-order valence-corrected chi connectivity index (χ4v) is 1.91. The first-order valence-corrected chi connectivity index (χ1v) is 6.27. The third-order valence-corrected chi connectivity index (χ3v) is 2.70. The molecule has 16 heavy (non-hydrogen) atoms. The number of ether oxygens (including phenoxy) is 1. The standard InChI is InChI=1S/C12H25N3O/c1-5-13-11(14-6-2)15-9-10-7-8-12(3,4)16-10/h10H,5-9H2,1-4H3,(H2,13,14,15)/t10-/m1/s1. The predicted molar refractivity (Wildman–Crippen MR) is 67.8 cm³/mol. The van der Waals surface area contributed by atoms with E-state index in [-0.39, 0.29) is 11.7 Å². The molecule has 0 aliphatic carbocycles. The van der Waals surface area contributed by atoms with Crippen LogP contribution in [0.2, 0.25) is 0 Å². The summed E-state index contributed by atoms with van der Waals surface area (Å²) in [6, 6.07) is 0. The second kappa shape index (κ2) is 6.09. The Balaban J connectivity index is 2.38. The van der Waals surface area contributed by atoms with Gasteiger partial charge in [-0.15, -0.1) is 0 Å². The molecule has 4 nitrogen and oxygen atoms in total. The van der Waals surface area contributed by atoms with E-state index in [4.69, 9.17) is 4.74 Å². The van der Waals surface area contributed by atoms with E-state index in [1.807, 2.05) is 0 Å². The van der Waals surface area contributed by atoms with Gasteiger partial charge in [-0.3, -0.25) is 4.99 Å². The quantitative estimate of drug-likeness (QED) is 0.565. The molecule has 1 saturated heterocycles. The molecule has 1 rings (SSSR count). The van der Waals surface area contributed by atoms with Crippen LogP contribution in [0.3, 0.4) is 0 Å². The highest BCUT2D eigenvalue weighted by Gasteiger charge is 2.31. The van der Waals surface area contributed by atoms with Gasteiger partial charge in [-0.25, -0.2) is 0 Å². The number of rotatable bonds is 4. The van der Waals surface area contributed by atoms with Crippen molar-refractivity contribution < 1.29 is 4.74 Å². The van der Waals surface area contributed by atoms with Crippen LogP contribution in [0.15, 0.2) is 4.99 Å². The molecule has 2 N–H and O–H groups in total. The zero-order chi connectivity index (χ0) is 12.0. The van der Waals surface area contributed by atoms with Gasteiger partial charge in [-0.1, -0.05) is 0 Å². The summed E-state index contributed by atoms with van der Waals surface area (Å²) in [6.45, 7) is 11.0. The van der Waals surface area contributed by atoms with Gasteiger partial charge in [0.15, 0.2) is 5.96 Å². The van der Waals surface area contributed by atoms with Crippen LogP contribution in [0.5, 0.6) is 0 Å². The minimum absolute atomic E-state index is 0.0384. The molecule has 1 atom stereocenters. The summed E-state index contributed by atoms with van der Waals surface area (Å²) in [5, 5.41) is 6.42. The molecule has 0 aromatic rings. The van der Waals surface area contributed by atoms with E-state index in [2.05, 4.69) is 43.3 Å². The lowest BCUT2D eigenvalue weighted by Gasteiger charge is -2.18. The maximum absolute atomic E-state index is 5.89. The highest BCUT2D eigenvalue weighted by molar-refractivity contribution is 5.79. The molecular formula is C12H25N3O. The van der Waals surface area contributed by atoms with Crippen molar-refractivity contribution in [2.24, 2.45) is 4.99 Å². The Bertz CT molecular complexity index is 230. The van der Waals surface area contributed by atoms with Crippen LogP contribution >= 0.6 is 0 Å². The molecule has 0 amide bonds. The minimum atomic E-state index is 0.0384. The maximum Gasteiger partial charge on any atom is 0.191 e. The van der Waals surface area contributed by atoms with Crippen LogP contribution in [0, 0.1) is 0 Å². The molecule has 0 radical (unpaired) electrons.